The molecule has 4 saturated carbocycles. The van der Waals surface area contributed by atoms with Gasteiger partial charge in [-0.3, -0.25) is 9.18 Å². The van der Waals surface area contributed by atoms with E-state index in [-0.39, 0.29) is 23.8 Å². The minimum atomic E-state index is -0.367. The van der Waals surface area contributed by atoms with Crippen LogP contribution in [0, 0.1) is 29.1 Å². The van der Waals surface area contributed by atoms with E-state index in [0.29, 0.717) is 18.6 Å². The number of carbonyl (C=O) groups is 1. The molecule has 0 aromatic heterocycles. The van der Waals surface area contributed by atoms with Gasteiger partial charge in [-0.25, -0.2) is 0 Å². The predicted octanol–water partition coefficient (Wildman–Crippen LogP) is 4.99. The second-order valence-corrected chi connectivity index (χ2v) is 8.07. The van der Waals surface area contributed by atoms with Crippen LogP contribution in [-0.2, 0) is 4.79 Å². The normalized spacial score (nSPS) is 38.3. The second kappa shape index (κ2) is 6.33. The van der Waals surface area contributed by atoms with Crippen molar-refractivity contribution < 1.29 is 14.3 Å². The summed E-state index contributed by atoms with van der Waals surface area (Å²) in [5.41, 5.74) is -0.108. The number of aliphatic hydroxyl groups is 1. The average molecular weight is 308 g/mol. The van der Waals surface area contributed by atoms with Gasteiger partial charge >= 0.3 is 0 Å². The lowest BCUT2D eigenvalue weighted by atomic mass is 9.49. The fourth-order valence-corrected chi connectivity index (χ4v) is 5.70. The minimum absolute atomic E-state index is 0.00388. The number of aliphatic hydroxyl groups excluding tert-OH is 1. The molecule has 4 fully saturated rings. The molecule has 4 bridgehead atoms. The van der Waals surface area contributed by atoms with Crippen LogP contribution in [0.1, 0.15) is 64.7 Å². The maximum Gasteiger partial charge on any atom is 0.162 e. The van der Waals surface area contributed by atoms with Gasteiger partial charge in [-0.05, 0) is 75.5 Å². The highest BCUT2D eigenvalue weighted by Gasteiger charge is 2.53. The molecule has 4 aliphatic carbocycles. The summed E-state index contributed by atoms with van der Waals surface area (Å²) < 4.78 is 12.3. The van der Waals surface area contributed by atoms with Gasteiger partial charge in [-0.15, -0.1) is 0 Å². The number of carbonyl (C=O) groups excluding carboxylic acids is 1. The quantitative estimate of drug-likeness (QED) is 0.531. The Morgan fingerprint density at radius 2 is 1.77 bits per heavy atom. The molecule has 1 N–H and O–H groups in total. The Morgan fingerprint density at radius 1 is 1.23 bits per heavy atom. The van der Waals surface area contributed by atoms with Crippen molar-refractivity contribution in [3.05, 3.63) is 11.8 Å². The molecule has 0 aromatic carbocycles. The fraction of sp³-hybridized carbons (Fsp3) is 0.842. The predicted molar refractivity (Wildman–Crippen MR) is 85.3 cm³/mol. The number of hydrogen-bond donors (Lipinski definition) is 1. The highest BCUT2D eigenvalue weighted by Crippen LogP contribution is 2.62. The van der Waals surface area contributed by atoms with Gasteiger partial charge in [-0.2, -0.15) is 0 Å². The molecule has 0 heterocycles. The van der Waals surface area contributed by atoms with Crippen molar-refractivity contribution in [1.82, 2.24) is 0 Å². The second-order valence-electron chi connectivity index (χ2n) is 8.07. The number of ketones is 1. The highest BCUT2D eigenvalue weighted by molar-refractivity contribution is 5.92. The Bertz CT molecular complexity index is 419. The van der Waals surface area contributed by atoms with E-state index in [2.05, 4.69) is 0 Å². The number of alkyl halides is 1. The lowest BCUT2D eigenvalue weighted by Gasteiger charge is -2.56. The maximum absolute atomic E-state index is 12.4. The largest absolute Gasteiger partial charge is 0.512 e. The topological polar surface area (TPSA) is 37.3 Å². The first-order valence-electron chi connectivity index (χ1n) is 9.07. The van der Waals surface area contributed by atoms with Crippen molar-refractivity contribution >= 4 is 5.78 Å². The van der Waals surface area contributed by atoms with Gasteiger partial charge in [0.1, 0.15) is 5.76 Å². The highest BCUT2D eigenvalue weighted by atomic mass is 19.1. The van der Waals surface area contributed by atoms with Gasteiger partial charge in [0.2, 0.25) is 0 Å². The molecule has 4 aliphatic rings. The average Bonchev–Trinajstić information content (AvgIpc) is 2.46. The molecule has 0 aliphatic heterocycles. The molecule has 0 saturated heterocycles. The lowest BCUT2D eigenvalue weighted by Crippen LogP contribution is -2.47. The standard InChI is InChI=1S/C19H29FO2/c1-2-16(4-3-5-20)17(21)9-18(22)19-10-13-6-14(11-19)8-15(7-13)12-19/h9,13-16,22H,2-8,10-12H2,1H3. The van der Waals surface area contributed by atoms with Crippen molar-refractivity contribution in [2.24, 2.45) is 29.1 Å². The molecule has 0 spiro atoms. The molecule has 0 aromatic rings. The van der Waals surface area contributed by atoms with E-state index < -0.39 is 0 Å². The van der Waals surface area contributed by atoms with Crippen LogP contribution in [-0.4, -0.2) is 17.6 Å². The Morgan fingerprint density at radius 3 is 2.23 bits per heavy atom. The fourth-order valence-electron chi connectivity index (χ4n) is 5.70. The number of halogens is 1. The molecule has 0 amide bonds. The van der Waals surface area contributed by atoms with Crippen LogP contribution in [0.4, 0.5) is 4.39 Å². The van der Waals surface area contributed by atoms with Crippen LogP contribution in [0.25, 0.3) is 0 Å². The van der Waals surface area contributed by atoms with Crippen LogP contribution in [0.2, 0.25) is 0 Å². The molecule has 0 radical (unpaired) electrons. The summed E-state index contributed by atoms with van der Waals surface area (Å²) in [5.74, 6) is 2.48. The van der Waals surface area contributed by atoms with E-state index >= 15 is 0 Å². The Kier molecular flexibility index (Phi) is 4.61. The number of rotatable bonds is 7. The zero-order chi connectivity index (χ0) is 15.7. The third-order valence-electron chi connectivity index (χ3n) is 6.44. The van der Waals surface area contributed by atoms with Crippen LogP contribution in [0.15, 0.2) is 11.8 Å². The van der Waals surface area contributed by atoms with E-state index in [1.54, 1.807) is 0 Å². The molecular weight excluding hydrogens is 279 g/mol. The van der Waals surface area contributed by atoms with Crippen molar-refractivity contribution in [2.75, 3.05) is 6.67 Å². The summed E-state index contributed by atoms with van der Waals surface area (Å²) in [5, 5.41) is 10.7. The van der Waals surface area contributed by atoms with Crippen LogP contribution in [0.5, 0.6) is 0 Å². The van der Waals surface area contributed by atoms with Crippen molar-refractivity contribution in [3.63, 3.8) is 0 Å². The van der Waals surface area contributed by atoms with E-state index in [4.69, 9.17) is 0 Å². The summed E-state index contributed by atoms with van der Waals surface area (Å²) >= 11 is 0. The van der Waals surface area contributed by atoms with Gasteiger partial charge in [-0.1, -0.05) is 6.92 Å². The van der Waals surface area contributed by atoms with Crippen molar-refractivity contribution in [1.29, 1.82) is 0 Å². The molecule has 22 heavy (non-hydrogen) atoms. The number of hydrogen-bond acceptors (Lipinski definition) is 2. The SMILES string of the molecule is CCC(CCCF)C(=O)C=C(O)C12CC3CC(CC(C3)C1)C2. The molecule has 124 valence electrons. The van der Waals surface area contributed by atoms with Gasteiger partial charge in [0.15, 0.2) is 5.78 Å². The summed E-state index contributed by atoms with van der Waals surface area (Å²) in [6.07, 6.45) is 10.5. The first-order chi connectivity index (χ1) is 10.6. The van der Waals surface area contributed by atoms with Gasteiger partial charge < -0.3 is 5.11 Å². The lowest BCUT2D eigenvalue weighted by molar-refractivity contribution is -0.119. The van der Waals surface area contributed by atoms with Gasteiger partial charge in [0.25, 0.3) is 0 Å². The summed E-state index contributed by atoms with van der Waals surface area (Å²) in [6.45, 7) is 1.60. The molecule has 1 atom stereocenters. The summed E-state index contributed by atoms with van der Waals surface area (Å²) in [4.78, 5) is 12.4. The summed E-state index contributed by atoms with van der Waals surface area (Å²) in [6, 6.07) is 0. The minimum Gasteiger partial charge on any atom is -0.512 e. The van der Waals surface area contributed by atoms with Crippen LogP contribution >= 0.6 is 0 Å². The van der Waals surface area contributed by atoms with Crippen LogP contribution in [0.3, 0.4) is 0 Å². The Hall–Kier alpha value is -0.860. The monoisotopic (exact) mass is 308 g/mol. The van der Waals surface area contributed by atoms with E-state index in [1.807, 2.05) is 6.92 Å². The van der Waals surface area contributed by atoms with E-state index in [0.717, 1.165) is 43.4 Å². The molecule has 4 rings (SSSR count). The zero-order valence-electron chi connectivity index (χ0n) is 13.7. The third kappa shape index (κ3) is 2.96. The smallest absolute Gasteiger partial charge is 0.162 e. The van der Waals surface area contributed by atoms with Gasteiger partial charge in [0, 0.05) is 17.4 Å². The van der Waals surface area contributed by atoms with E-state index in [9.17, 15) is 14.3 Å². The maximum atomic E-state index is 12.4. The third-order valence-corrected chi connectivity index (χ3v) is 6.44. The molecule has 3 heteroatoms. The molecule has 2 nitrogen and oxygen atoms in total. The molecular formula is C19H29FO2. The van der Waals surface area contributed by atoms with Crippen molar-refractivity contribution in [2.45, 2.75) is 64.7 Å². The molecule has 1 unspecified atom stereocenters. The first-order valence-corrected chi connectivity index (χ1v) is 9.07. The van der Waals surface area contributed by atoms with Crippen LogP contribution < -0.4 is 0 Å². The summed E-state index contributed by atoms with van der Waals surface area (Å²) in [7, 11) is 0. The number of allylic oxidation sites excluding steroid dienone is 2. The van der Waals surface area contributed by atoms with Crippen molar-refractivity contribution in [3.8, 4) is 0 Å². The Balaban J connectivity index is 1.72. The first kappa shape index (κ1) is 16.0. The van der Waals surface area contributed by atoms with E-state index in [1.165, 1.54) is 25.3 Å². The van der Waals surface area contributed by atoms with Gasteiger partial charge in [0.05, 0.1) is 6.67 Å². The Labute approximate surface area is 133 Å². The zero-order valence-corrected chi connectivity index (χ0v) is 13.7.